The summed E-state index contributed by atoms with van der Waals surface area (Å²) in [6.07, 6.45) is -0.997. The minimum absolute atomic E-state index is 0.124. The molecule has 3 rings (SSSR count). The zero-order valence-corrected chi connectivity index (χ0v) is 12.2. The number of para-hydroxylation sites is 1. The number of carbonyl (C=O) groups is 2. The first-order chi connectivity index (χ1) is 11.1. The summed E-state index contributed by atoms with van der Waals surface area (Å²) < 4.78 is 18.1. The number of H-pyrrole nitrogens is 1. The van der Waals surface area contributed by atoms with Gasteiger partial charge in [0.05, 0.1) is 5.52 Å². The fourth-order valence-electron chi connectivity index (χ4n) is 2.24. The number of aromatic nitrogens is 2. The van der Waals surface area contributed by atoms with Crippen LogP contribution in [0, 0.1) is 5.82 Å². The zero-order chi connectivity index (χ0) is 16.4. The highest BCUT2D eigenvalue weighted by Gasteiger charge is 2.23. The van der Waals surface area contributed by atoms with Gasteiger partial charge in [0.15, 0.2) is 11.8 Å². The van der Waals surface area contributed by atoms with Gasteiger partial charge < -0.3 is 4.74 Å². The van der Waals surface area contributed by atoms with Crippen LogP contribution in [0.2, 0.25) is 0 Å². The SMILES string of the molecule is CC(OC(=O)c1n[nH]c2ccccc12)C(=O)c1ccc(F)cc1. The van der Waals surface area contributed by atoms with Gasteiger partial charge in [-0.15, -0.1) is 0 Å². The highest BCUT2D eigenvalue weighted by Crippen LogP contribution is 2.17. The van der Waals surface area contributed by atoms with Crippen LogP contribution in [-0.2, 0) is 4.74 Å². The lowest BCUT2D eigenvalue weighted by atomic mass is 10.1. The number of rotatable bonds is 4. The third kappa shape index (κ3) is 2.96. The number of hydrogen-bond acceptors (Lipinski definition) is 4. The van der Waals surface area contributed by atoms with E-state index in [9.17, 15) is 14.0 Å². The van der Waals surface area contributed by atoms with Gasteiger partial charge in [0, 0.05) is 10.9 Å². The second kappa shape index (κ2) is 6.00. The molecule has 0 amide bonds. The van der Waals surface area contributed by atoms with Crippen molar-refractivity contribution < 1.29 is 18.7 Å². The Hall–Kier alpha value is -3.02. The summed E-state index contributed by atoms with van der Waals surface area (Å²) in [6.45, 7) is 1.47. The summed E-state index contributed by atoms with van der Waals surface area (Å²) in [4.78, 5) is 24.4. The summed E-state index contributed by atoms with van der Waals surface area (Å²) in [5.41, 5.74) is 1.11. The Bertz CT molecular complexity index is 871. The molecule has 0 saturated heterocycles. The fourth-order valence-corrected chi connectivity index (χ4v) is 2.24. The van der Waals surface area contributed by atoms with Crippen molar-refractivity contribution in [1.82, 2.24) is 10.2 Å². The molecule has 5 nitrogen and oxygen atoms in total. The van der Waals surface area contributed by atoms with Crippen LogP contribution in [0.15, 0.2) is 48.5 Å². The van der Waals surface area contributed by atoms with Crippen LogP contribution < -0.4 is 0 Å². The Morgan fingerprint density at radius 3 is 2.57 bits per heavy atom. The van der Waals surface area contributed by atoms with E-state index in [-0.39, 0.29) is 11.3 Å². The number of ether oxygens (including phenoxy) is 1. The van der Waals surface area contributed by atoms with E-state index in [1.807, 2.05) is 6.07 Å². The smallest absolute Gasteiger partial charge is 0.360 e. The van der Waals surface area contributed by atoms with Crippen LogP contribution in [0.4, 0.5) is 4.39 Å². The van der Waals surface area contributed by atoms with Crippen molar-refractivity contribution in [2.45, 2.75) is 13.0 Å². The Morgan fingerprint density at radius 2 is 1.83 bits per heavy atom. The zero-order valence-electron chi connectivity index (χ0n) is 12.2. The minimum Gasteiger partial charge on any atom is -0.449 e. The van der Waals surface area contributed by atoms with E-state index in [2.05, 4.69) is 10.2 Å². The van der Waals surface area contributed by atoms with Crippen molar-refractivity contribution in [2.24, 2.45) is 0 Å². The van der Waals surface area contributed by atoms with Gasteiger partial charge in [0.2, 0.25) is 5.78 Å². The van der Waals surface area contributed by atoms with E-state index in [4.69, 9.17) is 4.74 Å². The molecule has 0 fully saturated rings. The average Bonchev–Trinajstić information content (AvgIpc) is 2.99. The first-order valence-electron chi connectivity index (χ1n) is 7.00. The Kier molecular flexibility index (Phi) is 3.89. The summed E-state index contributed by atoms with van der Waals surface area (Å²) in [6, 6.07) is 12.2. The van der Waals surface area contributed by atoms with Crippen molar-refractivity contribution in [2.75, 3.05) is 0 Å². The molecule has 116 valence electrons. The predicted octanol–water partition coefficient (Wildman–Crippen LogP) is 3.13. The minimum atomic E-state index is -0.997. The van der Waals surface area contributed by atoms with Crippen LogP contribution in [0.3, 0.4) is 0 Å². The van der Waals surface area contributed by atoms with Crippen LogP contribution in [-0.4, -0.2) is 28.1 Å². The number of hydrogen-bond donors (Lipinski definition) is 1. The summed E-state index contributed by atoms with van der Waals surface area (Å²) in [5, 5.41) is 7.29. The number of nitrogens with one attached hydrogen (secondary N) is 1. The Balaban J connectivity index is 1.77. The highest BCUT2D eigenvalue weighted by atomic mass is 19.1. The maximum Gasteiger partial charge on any atom is 0.360 e. The third-order valence-electron chi connectivity index (χ3n) is 3.45. The van der Waals surface area contributed by atoms with E-state index in [1.165, 1.54) is 31.2 Å². The monoisotopic (exact) mass is 312 g/mol. The van der Waals surface area contributed by atoms with Gasteiger partial charge in [-0.1, -0.05) is 18.2 Å². The van der Waals surface area contributed by atoms with Gasteiger partial charge in [-0.2, -0.15) is 5.10 Å². The van der Waals surface area contributed by atoms with Gasteiger partial charge in [0.25, 0.3) is 0 Å². The normalized spacial score (nSPS) is 12.1. The maximum atomic E-state index is 12.9. The second-order valence-corrected chi connectivity index (χ2v) is 5.04. The Morgan fingerprint density at radius 1 is 1.13 bits per heavy atom. The van der Waals surface area contributed by atoms with Gasteiger partial charge in [-0.3, -0.25) is 9.89 Å². The molecule has 3 aromatic rings. The molecule has 0 bridgehead atoms. The Labute approximate surface area is 131 Å². The number of carbonyl (C=O) groups excluding carboxylic acids is 2. The molecule has 0 spiro atoms. The van der Waals surface area contributed by atoms with Crippen LogP contribution >= 0.6 is 0 Å². The van der Waals surface area contributed by atoms with Crippen molar-refractivity contribution in [1.29, 1.82) is 0 Å². The largest absolute Gasteiger partial charge is 0.449 e. The first-order valence-corrected chi connectivity index (χ1v) is 7.00. The molecule has 1 unspecified atom stereocenters. The number of fused-ring (bicyclic) bond motifs is 1. The number of halogens is 1. The highest BCUT2D eigenvalue weighted by molar-refractivity contribution is 6.04. The van der Waals surface area contributed by atoms with Gasteiger partial charge in [-0.25, -0.2) is 9.18 Å². The number of benzene rings is 2. The fraction of sp³-hybridized carbons (Fsp3) is 0.118. The van der Waals surface area contributed by atoms with E-state index in [0.717, 1.165) is 0 Å². The second-order valence-electron chi connectivity index (χ2n) is 5.04. The van der Waals surface area contributed by atoms with Crippen LogP contribution in [0.1, 0.15) is 27.8 Å². The molecular weight excluding hydrogens is 299 g/mol. The van der Waals surface area contributed by atoms with Gasteiger partial charge in [0.1, 0.15) is 5.82 Å². The molecule has 0 saturated carbocycles. The first kappa shape index (κ1) is 14.9. The molecule has 0 aliphatic rings. The number of aromatic amines is 1. The van der Waals surface area contributed by atoms with Crippen molar-refractivity contribution in [3.8, 4) is 0 Å². The lowest BCUT2D eigenvalue weighted by Gasteiger charge is -2.11. The number of esters is 1. The molecule has 0 radical (unpaired) electrons. The van der Waals surface area contributed by atoms with E-state index in [0.29, 0.717) is 10.9 Å². The van der Waals surface area contributed by atoms with Gasteiger partial charge >= 0.3 is 5.97 Å². The number of nitrogens with zero attached hydrogens (tertiary/aromatic N) is 1. The van der Waals surface area contributed by atoms with Crippen LogP contribution in [0.25, 0.3) is 10.9 Å². The van der Waals surface area contributed by atoms with E-state index >= 15 is 0 Å². The molecule has 0 aliphatic heterocycles. The van der Waals surface area contributed by atoms with Crippen LogP contribution in [0.5, 0.6) is 0 Å². The molecule has 2 aromatic carbocycles. The average molecular weight is 312 g/mol. The van der Waals surface area contributed by atoms with Crippen molar-refractivity contribution >= 4 is 22.7 Å². The maximum absolute atomic E-state index is 12.9. The van der Waals surface area contributed by atoms with Gasteiger partial charge in [-0.05, 0) is 37.3 Å². The summed E-state index contributed by atoms with van der Waals surface area (Å²) in [5.74, 6) is -1.53. The van der Waals surface area contributed by atoms with E-state index < -0.39 is 23.7 Å². The van der Waals surface area contributed by atoms with E-state index in [1.54, 1.807) is 18.2 Å². The number of ketones is 1. The quantitative estimate of drug-likeness (QED) is 0.593. The topological polar surface area (TPSA) is 72.0 Å². The number of Topliss-reactive ketones (excluding diaryl/α,β-unsaturated/α-hetero) is 1. The van der Waals surface area contributed by atoms with Crippen molar-refractivity contribution in [3.05, 3.63) is 65.6 Å². The predicted molar refractivity (Wildman–Crippen MR) is 81.7 cm³/mol. The lowest BCUT2D eigenvalue weighted by molar-refractivity contribution is 0.0315. The molecule has 6 heteroatoms. The molecular formula is C17H13FN2O3. The third-order valence-corrected chi connectivity index (χ3v) is 3.45. The molecule has 0 aliphatic carbocycles. The summed E-state index contributed by atoms with van der Waals surface area (Å²) >= 11 is 0. The molecule has 1 aromatic heterocycles. The molecule has 1 atom stereocenters. The summed E-state index contributed by atoms with van der Waals surface area (Å²) in [7, 11) is 0. The molecule has 1 heterocycles. The standard InChI is InChI=1S/C17H13FN2O3/c1-10(16(21)11-6-8-12(18)9-7-11)23-17(22)15-13-4-2-3-5-14(13)19-20-15/h2-10H,1H3,(H,19,20). The molecule has 1 N–H and O–H groups in total. The molecule has 23 heavy (non-hydrogen) atoms. The lowest BCUT2D eigenvalue weighted by Crippen LogP contribution is -2.24. The van der Waals surface area contributed by atoms with Crippen molar-refractivity contribution in [3.63, 3.8) is 0 Å².